The molecule has 33 heavy (non-hydrogen) atoms. The van der Waals surface area contributed by atoms with Crippen LogP contribution in [0.25, 0.3) is 6.08 Å². The number of hydrogen-bond donors (Lipinski definition) is 0. The number of imide groups is 1. The van der Waals surface area contributed by atoms with Gasteiger partial charge in [0, 0.05) is 0 Å². The normalized spacial score (nSPS) is 14.8. The van der Waals surface area contributed by atoms with Crippen LogP contribution in [0.1, 0.15) is 25.0 Å². The highest BCUT2D eigenvalue weighted by molar-refractivity contribution is 9.10. The summed E-state index contributed by atoms with van der Waals surface area (Å²) < 4.78 is 17.1. The molecule has 1 aliphatic rings. The molecule has 1 saturated heterocycles. The van der Waals surface area contributed by atoms with Crippen molar-refractivity contribution in [1.29, 1.82) is 0 Å². The quantitative estimate of drug-likeness (QED) is 0.320. The van der Waals surface area contributed by atoms with Gasteiger partial charge in [-0.05, 0) is 62.9 Å². The van der Waals surface area contributed by atoms with Crippen LogP contribution >= 0.6 is 27.7 Å². The van der Waals surface area contributed by atoms with Crippen LogP contribution in [0.5, 0.6) is 11.5 Å². The first kappa shape index (κ1) is 24.9. The highest BCUT2D eigenvalue weighted by atomic mass is 79.9. The van der Waals surface area contributed by atoms with Gasteiger partial charge in [0.25, 0.3) is 11.1 Å². The summed E-state index contributed by atoms with van der Waals surface area (Å²) in [5.41, 5.74) is 1.65. The molecule has 0 saturated carbocycles. The Morgan fingerprint density at radius 2 is 1.91 bits per heavy atom. The molecule has 0 spiro atoms. The van der Waals surface area contributed by atoms with Gasteiger partial charge in [0.15, 0.2) is 11.5 Å². The second-order valence-corrected chi connectivity index (χ2v) is 9.50. The average Bonchev–Trinajstić information content (AvgIpc) is 3.04. The number of carbonyl (C=O) groups excluding carboxylic acids is 3. The van der Waals surface area contributed by atoms with Crippen LogP contribution < -0.4 is 9.47 Å². The predicted molar refractivity (Wildman–Crippen MR) is 130 cm³/mol. The summed E-state index contributed by atoms with van der Waals surface area (Å²) in [6, 6.07) is 13.2. The third-order valence-electron chi connectivity index (χ3n) is 4.51. The van der Waals surface area contributed by atoms with Crippen LogP contribution in [0.15, 0.2) is 51.8 Å². The Labute approximate surface area is 205 Å². The Balaban J connectivity index is 1.74. The lowest BCUT2D eigenvalue weighted by Crippen LogP contribution is -2.34. The number of nitrogens with zero attached hydrogens (tertiary/aromatic N) is 1. The average molecular weight is 534 g/mol. The highest BCUT2D eigenvalue weighted by Crippen LogP contribution is 2.39. The lowest BCUT2D eigenvalue weighted by atomic mass is 10.1. The number of methoxy groups -OCH3 is 1. The fourth-order valence-corrected chi connectivity index (χ4v) is 4.33. The van der Waals surface area contributed by atoms with E-state index in [1.54, 1.807) is 18.2 Å². The number of amides is 2. The van der Waals surface area contributed by atoms with Gasteiger partial charge in [-0.2, -0.15) is 0 Å². The van der Waals surface area contributed by atoms with Gasteiger partial charge in [-0.1, -0.05) is 44.2 Å². The van der Waals surface area contributed by atoms with E-state index < -0.39 is 23.7 Å². The van der Waals surface area contributed by atoms with Crippen molar-refractivity contribution in [2.24, 2.45) is 5.92 Å². The third-order valence-corrected chi connectivity index (χ3v) is 6.01. The van der Waals surface area contributed by atoms with Crippen molar-refractivity contribution < 1.29 is 28.6 Å². The molecular weight excluding hydrogens is 510 g/mol. The second kappa shape index (κ2) is 11.4. The molecule has 0 N–H and O–H groups in total. The van der Waals surface area contributed by atoms with Crippen molar-refractivity contribution in [2.45, 2.75) is 20.5 Å². The molecule has 7 nitrogen and oxygen atoms in total. The second-order valence-electron chi connectivity index (χ2n) is 7.65. The summed E-state index contributed by atoms with van der Waals surface area (Å²) in [6.45, 7) is 3.99. The molecule has 2 aromatic carbocycles. The Hall–Kier alpha value is -2.78. The van der Waals surface area contributed by atoms with Gasteiger partial charge in [0.2, 0.25) is 0 Å². The maximum Gasteiger partial charge on any atom is 0.326 e. The Morgan fingerprint density at radius 1 is 1.18 bits per heavy atom. The molecule has 1 fully saturated rings. The number of esters is 1. The Kier molecular flexibility index (Phi) is 8.57. The van der Waals surface area contributed by atoms with E-state index in [-0.39, 0.29) is 17.4 Å². The zero-order chi connectivity index (χ0) is 24.0. The lowest BCUT2D eigenvalue weighted by molar-refractivity contribution is -0.147. The first-order valence-electron chi connectivity index (χ1n) is 10.2. The maximum atomic E-state index is 12.7. The third kappa shape index (κ3) is 6.61. The van der Waals surface area contributed by atoms with Gasteiger partial charge in [-0.15, -0.1) is 0 Å². The number of thioether (sulfide) groups is 1. The van der Waals surface area contributed by atoms with Crippen molar-refractivity contribution >= 4 is 50.9 Å². The molecule has 2 amide bonds. The molecule has 3 rings (SSSR count). The Bertz CT molecular complexity index is 1070. The monoisotopic (exact) mass is 533 g/mol. The standard InChI is InChI=1S/C24H24BrNO6S/c1-15(2)13-31-21(27)12-26-23(28)20(33-24(26)29)11-17-9-18(25)22(19(10-17)30-3)32-14-16-7-5-4-6-8-16/h4-11,15H,12-14H2,1-3H3/b20-11+. The van der Waals surface area contributed by atoms with Gasteiger partial charge < -0.3 is 14.2 Å². The van der Waals surface area contributed by atoms with Gasteiger partial charge in [-0.3, -0.25) is 19.3 Å². The van der Waals surface area contributed by atoms with E-state index in [0.717, 1.165) is 22.2 Å². The Morgan fingerprint density at radius 3 is 2.58 bits per heavy atom. The minimum atomic E-state index is -0.614. The van der Waals surface area contributed by atoms with Crippen molar-refractivity contribution in [3.05, 3.63) is 63.0 Å². The fraction of sp³-hybridized carbons (Fsp3) is 0.292. The lowest BCUT2D eigenvalue weighted by Gasteiger charge is -2.14. The molecule has 2 aromatic rings. The topological polar surface area (TPSA) is 82.1 Å². The van der Waals surface area contributed by atoms with Crippen LogP contribution in [0.4, 0.5) is 4.79 Å². The number of halogens is 1. The van der Waals surface area contributed by atoms with Crippen molar-refractivity contribution in [1.82, 2.24) is 4.90 Å². The van der Waals surface area contributed by atoms with Crippen LogP contribution in [0.2, 0.25) is 0 Å². The molecule has 9 heteroatoms. The first-order chi connectivity index (χ1) is 15.8. The zero-order valence-electron chi connectivity index (χ0n) is 18.5. The highest BCUT2D eigenvalue weighted by Gasteiger charge is 2.36. The molecule has 0 atom stereocenters. The summed E-state index contributed by atoms with van der Waals surface area (Å²) in [6.07, 6.45) is 1.58. The fourth-order valence-electron chi connectivity index (χ4n) is 2.91. The smallest absolute Gasteiger partial charge is 0.326 e. The van der Waals surface area contributed by atoms with Crippen molar-refractivity contribution in [2.75, 3.05) is 20.3 Å². The first-order valence-corrected chi connectivity index (χ1v) is 11.8. The number of rotatable bonds is 9. The molecular formula is C24H24BrNO6S. The van der Waals surface area contributed by atoms with Crippen molar-refractivity contribution in [3.63, 3.8) is 0 Å². The number of ether oxygens (including phenoxy) is 3. The molecule has 1 heterocycles. The van der Waals surface area contributed by atoms with E-state index in [1.165, 1.54) is 7.11 Å². The maximum absolute atomic E-state index is 12.7. The number of hydrogen-bond acceptors (Lipinski definition) is 7. The summed E-state index contributed by atoms with van der Waals surface area (Å²) >= 11 is 4.28. The van der Waals surface area contributed by atoms with E-state index in [2.05, 4.69) is 15.9 Å². The van der Waals surface area contributed by atoms with Gasteiger partial charge in [-0.25, -0.2) is 0 Å². The van der Waals surface area contributed by atoms with Gasteiger partial charge in [0.1, 0.15) is 13.2 Å². The van der Waals surface area contributed by atoms with E-state index in [1.807, 2.05) is 44.2 Å². The predicted octanol–water partition coefficient (Wildman–Crippen LogP) is 5.27. The molecule has 0 aromatic heterocycles. The summed E-state index contributed by atoms with van der Waals surface area (Å²) in [5, 5.41) is -0.512. The molecule has 0 radical (unpaired) electrons. The minimum Gasteiger partial charge on any atom is -0.493 e. The van der Waals surface area contributed by atoms with Gasteiger partial charge in [0.05, 0.1) is 23.1 Å². The summed E-state index contributed by atoms with van der Waals surface area (Å²) in [5.74, 6) is 0.0157. The number of benzene rings is 2. The zero-order valence-corrected chi connectivity index (χ0v) is 20.9. The summed E-state index contributed by atoms with van der Waals surface area (Å²) in [4.78, 5) is 38.0. The van der Waals surface area contributed by atoms with Crippen LogP contribution in [-0.4, -0.2) is 42.3 Å². The molecule has 0 unspecified atom stereocenters. The summed E-state index contributed by atoms with van der Waals surface area (Å²) in [7, 11) is 1.53. The molecule has 1 aliphatic heterocycles. The van der Waals surface area contributed by atoms with E-state index in [4.69, 9.17) is 14.2 Å². The number of carbonyl (C=O) groups is 3. The molecule has 0 aliphatic carbocycles. The van der Waals surface area contributed by atoms with Crippen LogP contribution in [-0.2, 0) is 20.9 Å². The van der Waals surface area contributed by atoms with Crippen LogP contribution in [0.3, 0.4) is 0 Å². The van der Waals surface area contributed by atoms with E-state index in [0.29, 0.717) is 28.1 Å². The minimum absolute atomic E-state index is 0.164. The van der Waals surface area contributed by atoms with Crippen LogP contribution in [0, 0.1) is 5.92 Å². The largest absolute Gasteiger partial charge is 0.493 e. The van der Waals surface area contributed by atoms with Gasteiger partial charge >= 0.3 is 5.97 Å². The molecule has 174 valence electrons. The van der Waals surface area contributed by atoms with E-state index in [9.17, 15) is 14.4 Å². The van der Waals surface area contributed by atoms with E-state index >= 15 is 0 Å². The molecule has 0 bridgehead atoms. The SMILES string of the molecule is COc1cc(/C=C2/SC(=O)N(CC(=O)OCC(C)C)C2=O)cc(Br)c1OCc1ccccc1. The van der Waals surface area contributed by atoms with Crippen molar-refractivity contribution in [3.8, 4) is 11.5 Å².